The Kier molecular flexibility index (Phi) is 6.10. The average Bonchev–Trinajstić information content (AvgIpc) is 2.96. The van der Waals surface area contributed by atoms with E-state index in [4.69, 9.17) is 0 Å². The van der Waals surface area contributed by atoms with Gasteiger partial charge in [0.15, 0.2) is 0 Å². The van der Waals surface area contributed by atoms with Gasteiger partial charge in [0.1, 0.15) is 0 Å². The maximum atomic E-state index is 12.9. The van der Waals surface area contributed by atoms with Crippen LogP contribution in [-0.2, 0) is 10.2 Å². The molecule has 0 aromatic heterocycles. The smallest absolute Gasteiger partial charge is 0.230 e. The van der Waals surface area contributed by atoms with Gasteiger partial charge in [0.25, 0.3) is 0 Å². The fourth-order valence-corrected chi connectivity index (χ4v) is 3.71. The van der Waals surface area contributed by atoms with E-state index in [-0.39, 0.29) is 23.7 Å². The number of benzene rings is 1. The second-order valence-corrected chi connectivity index (χ2v) is 7.30. The quantitative estimate of drug-likeness (QED) is 0.865. The Morgan fingerprint density at radius 3 is 2.30 bits per heavy atom. The van der Waals surface area contributed by atoms with E-state index >= 15 is 0 Å². The van der Waals surface area contributed by atoms with Crippen LogP contribution in [-0.4, -0.2) is 25.5 Å². The number of carbonyl (C=O) groups is 1. The first-order chi connectivity index (χ1) is 10.6. The number of halogens is 1. The molecule has 0 radical (unpaired) electrons. The minimum atomic E-state index is -0.285. The van der Waals surface area contributed by atoms with Crippen LogP contribution in [0.4, 0.5) is 0 Å². The van der Waals surface area contributed by atoms with Gasteiger partial charge in [-0.15, -0.1) is 12.4 Å². The van der Waals surface area contributed by atoms with Crippen LogP contribution in [0.25, 0.3) is 0 Å². The van der Waals surface area contributed by atoms with Gasteiger partial charge in [0.2, 0.25) is 5.91 Å². The number of carbonyl (C=O) groups excluding carboxylic acids is 1. The van der Waals surface area contributed by atoms with E-state index in [1.54, 1.807) is 0 Å². The van der Waals surface area contributed by atoms with Crippen molar-refractivity contribution >= 4 is 18.3 Å². The molecule has 1 aliphatic carbocycles. The molecular formula is C19H29ClN2O. The van der Waals surface area contributed by atoms with Crippen LogP contribution in [0.1, 0.15) is 56.6 Å². The lowest BCUT2D eigenvalue weighted by Gasteiger charge is -2.32. The molecule has 23 heavy (non-hydrogen) atoms. The maximum Gasteiger partial charge on any atom is 0.230 e. The first-order valence-corrected chi connectivity index (χ1v) is 8.71. The van der Waals surface area contributed by atoms with Gasteiger partial charge < -0.3 is 10.6 Å². The summed E-state index contributed by atoms with van der Waals surface area (Å²) in [6.07, 6.45) is 4.29. The lowest BCUT2D eigenvalue weighted by atomic mass is 9.77. The van der Waals surface area contributed by atoms with E-state index in [1.165, 1.54) is 11.1 Å². The normalized spacial score (nSPS) is 20.0. The summed E-state index contributed by atoms with van der Waals surface area (Å²) in [6.45, 7) is 7.31. The molecule has 4 heteroatoms. The van der Waals surface area contributed by atoms with Gasteiger partial charge in [-0.1, -0.05) is 51.0 Å². The summed E-state index contributed by atoms with van der Waals surface area (Å²) >= 11 is 0. The molecule has 0 bridgehead atoms. The summed E-state index contributed by atoms with van der Waals surface area (Å²) in [5.74, 6) is 1.40. The SMILES string of the molecule is CC(C)c1ccc(C2(C(=O)NCC3CNC3)CCCC2)cc1.Cl. The van der Waals surface area contributed by atoms with E-state index in [0.717, 1.165) is 45.3 Å². The number of amides is 1. The molecule has 1 saturated heterocycles. The summed E-state index contributed by atoms with van der Waals surface area (Å²) in [5.41, 5.74) is 2.27. The standard InChI is InChI=1S/C19H28N2O.ClH/c1-14(2)16-5-7-17(8-6-16)19(9-3-4-10-19)18(22)21-13-15-11-20-12-15;/h5-8,14-15,20H,3-4,9-13H2,1-2H3,(H,21,22);1H. The lowest BCUT2D eigenvalue weighted by Crippen LogP contribution is -2.51. The third-order valence-corrected chi connectivity index (χ3v) is 5.44. The van der Waals surface area contributed by atoms with E-state index in [0.29, 0.717) is 11.8 Å². The van der Waals surface area contributed by atoms with Crippen molar-refractivity contribution in [1.29, 1.82) is 0 Å². The summed E-state index contributed by atoms with van der Waals surface area (Å²) in [5, 5.41) is 6.49. The highest BCUT2D eigenvalue weighted by atomic mass is 35.5. The van der Waals surface area contributed by atoms with Crippen molar-refractivity contribution in [2.24, 2.45) is 5.92 Å². The van der Waals surface area contributed by atoms with Gasteiger partial charge in [-0.25, -0.2) is 0 Å². The van der Waals surface area contributed by atoms with Crippen molar-refractivity contribution in [3.63, 3.8) is 0 Å². The first-order valence-electron chi connectivity index (χ1n) is 8.71. The molecule has 2 aliphatic rings. The van der Waals surface area contributed by atoms with Gasteiger partial charge >= 0.3 is 0 Å². The van der Waals surface area contributed by atoms with Crippen LogP contribution in [0.2, 0.25) is 0 Å². The topological polar surface area (TPSA) is 41.1 Å². The van der Waals surface area contributed by atoms with Gasteiger partial charge in [0, 0.05) is 25.6 Å². The minimum absolute atomic E-state index is 0. The average molecular weight is 337 g/mol. The molecule has 2 fully saturated rings. The van der Waals surface area contributed by atoms with Gasteiger partial charge in [-0.3, -0.25) is 4.79 Å². The number of rotatable bonds is 5. The van der Waals surface area contributed by atoms with Crippen LogP contribution < -0.4 is 10.6 Å². The fourth-order valence-electron chi connectivity index (χ4n) is 3.71. The molecule has 128 valence electrons. The maximum absolute atomic E-state index is 12.9. The molecule has 1 aromatic carbocycles. The van der Waals surface area contributed by atoms with Crippen LogP contribution in [0.3, 0.4) is 0 Å². The van der Waals surface area contributed by atoms with Crippen molar-refractivity contribution in [2.75, 3.05) is 19.6 Å². The zero-order chi connectivity index (χ0) is 15.6. The van der Waals surface area contributed by atoms with Crippen LogP contribution >= 0.6 is 12.4 Å². The van der Waals surface area contributed by atoms with Crippen LogP contribution in [0.5, 0.6) is 0 Å². The molecule has 1 amide bonds. The van der Waals surface area contributed by atoms with E-state index in [9.17, 15) is 4.79 Å². The van der Waals surface area contributed by atoms with Crippen molar-refractivity contribution in [3.05, 3.63) is 35.4 Å². The summed E-state index contributed by atoms with van der Waals surface area (Å²) in [4.78, 5) is 12.9. The van der Waals surface area contributed by atoms with Crippen molar-refractivity contribution in [1.82, 2.24) is 10.6 Å². The molecule has 0 spiro atoms. The third-order valence-electron chi connectivity index (χ3n) is 5.44. The molecule has 0 atom stereocenters. The Morgan fingerprint density at radius 1 is 1.22 bits per heavy atom. The molecule has 3 nitrogen and oxygen atoms in total. The minimum Gasteiger partial charge on any atom is -0.355 e. The second kappa shape index (κ2) is 7.67. The Balaban J connectivity index is 0.00000192. The van der Waals surface area contributed by atoms with Gasteiger partial charge in [-0.05, 0) is 29.9 Å². The number of hydrogen-bond donors (Lipinski definition) is 2. The lowest BCUT2D eigenvalue weighted by molar-refractivity contribution is -0.126. The van der Waals surface area contributed by atoms with Gasteiger partial charge in [-0.2, -0.15) is 0 Å². The Hall–Kier alpha value is -1.06. The zero-order valence-electron chi connectivity index (χ0n) is 14.2. The van der Waals surface area contributed by atoms with E-state index < -0.39 is 0 Å². The summed E-state index contributed by atoms with van der Waals surface area (Å²) in [7, 11) is 0. The Bertz CT molecular complexity index is 517. The van der Waals surface area contributed by atoms with Crippen LogP contribution in [0.15, 0.2) is 24.3 Å². The molecule has 0 unspecified atom stereocenters. The molecule has 1 saturated carbocycles. The molecular weight excluding hydrogens is 308 g/mol. The predicted octanol–water partition coefficient (Wildman–Crippen LogP) is 3.38. The van der Waals surface area contributed by atoms with Gasteiger partial charge in [0.05, 0.1) is 5.41 Å². The van der Waals surface area contributed by atoms with Crippen LogP contribution in [0, 0.1) is 5.92 Å². The number of hydrogen-bond acceptors (Lipinski definition) is 2. The highest BCUT2D eigenvalue weighted by Gasteiger charge is 2.42. The van der Waals surface area contributed by atoms with E-state index in [1.807, 2.05) is 0 Å². The second-order valence-electron chi connectivity index (χ2n) is 7.30. The fraction of sp³-hybridized carbons (Fsp3) is 0.632. The first kappa shape index (κ1) is 18.3. The number of nitrogens with one attached hydrogen (secondary N) is 2. The Morgan fingerprint density at radius 2 is 1.83 bits per heavy atom. The third kappa shape index (κ3) is 3.72. The summed E-state index contributed by atoms with van der Waals surface area (Å²) < 4.78 is 0. The molecule has 1 aliphatic heterocycles. The molecule has 1 aromatic rings. The highest BCUT2D eigenvalue weighted by Crippen LogP contribution is 2.41. The molecule has 2 N–H and O–H groups in total. The van der Waals surface area contributed by atoms with Crippen molar-refractivity contribution < 1.29 is 4.79 Å². The molecule has 1 heterocycles. The zero-order valence-corrected chi connectivity index (χ0v) is 15.0. The monoisotopic (exact) mass is 336 g/mol. The Labute approximate surface area is 146 Å². The van der Waals surface area contributed by atoms with E-state index in [2.05, 4.69) is 48.7 Å². The summed E-state index contributed by atoms with van der Waals surface area (Å²) in [6, 6.07) is 8.77. The predicted molar refractivity (Wildman–Crippen MR) is 97.3 cm³/mol. The molecule has 3 rings (SSSR count). The van der Waals surface area contributed by atoms with Crippen molar-refractivity contribution in [3.8, 4) is 0 Å². The highest BCUT2D eigenvalue weighted by molar-refractivity contribution is 5.88. The van der Waals surface area contributed by atoms with Crippen molar-refractivity contribution in [2.45, 2.75) is 50.9 Å². The largest absolute Gasteiger partial charge is 0.355 e.